The minimum Gasteiger partial charge on any atom is -0.485 e. The molecule has 2 aromatic rings. The Bertz CT molecular complexity index is 1300. The fourth-order valence-corrected chi connectivity index (χ4v) is 5.94. The van der Waals surface area contributed by atoms with Gasteiger partial charge in [0.05, 0.1) is 19.6 Å². The minimum atomic E-state index is -0.799. The van der Waals surface area contributed by atoms with Crippen LogP contribution in [0.1, 0.15) is 79.9 Å². The highest BCUT2D eigenvalue weighted by Crippen LogP contribution is 2.39. The summed E-state index contributed by atoms with van der Waals surface area (Å²) in [6.45, 7) is 7.85. The third-order valence-corrected chi connectivity index (χ3v) is 8.76. The van der Waals surface area contributed by atoms with Crippen molar-refractivity contribution in [2.24, 2.45) is 5.92 Å². The average Bonchev–Trinajstić information content (AvgIpc) is 3.35. The summed E-state index contributed by atoms with van der Waals surface area (Å²) >= 11 is 0. The van der Waals surface area contributed by atoms with Crippen LogP contribution in [0.2, 0.25) is 0 Å². The summed E-state index contributed by atoms with van der Waals surface area (Å²) in [5, 5.41) is 12.4. The topological polar surface area (TPSA) is 71.0 Å². The van der Waals surface area contributed by atoms with Gasteiger partial charge in [-0.05, 0) is 79.0 Å². The van der Waals surface area contributed by atoms with E-state index in [1.807, 2.05) is 25.1 Å². The van der Waals surface area contributed by atoms with Crippen LogP contribution in [-0.4, -0.2) is 42.2 Å². The monoisotopic (exact) mass is 534 g/mol. The Morgan fingerprint density at radius 1 is 1.23 bits per heavy atom. The Labute approximate surface area is 230 Å². The zero-order valence-corrected chi connectivity index (χ0v) is 23.3. The number of dihydropyridines is 1. The highest BCUT2D eigenvalue weighted by Gasteiger charge is 2.28. The first-order chi connectivity index (χ1) is 18.7. The van der Waals surface area contributed by atoms with Gasteiger partial charge in [-0.1, -0.05) is 44.2 Å². The quantitative estimate of drug-likeness (QED) is 0.412. The maximum atomic E-state index is 15.1. The Morgan fingerprint density at radius 2 is 2.05 bits per heavy atom. The van der Waals surface area contributed by atoms with Gasteiger partial charge in [0.1, 0.15) is 17.7 Å². The zero-order valence-electron chi connectivity index (χ0n) is 23.3. The summed E-state index contributed by atoms with van der Waals surface area (Å²) in [5.74, 6) is -0.213. The lowest BCUT2D eigenvalue weighted by molar-refractivity contribution is -0.141. The molecule has 2 N–H and O–H groups in total. The molecule has 0 radical (unpaired) electrons. The number of aliphatic carboxylic acids is 1. The van der Waals surface area contributed by atoms with E-state index in [0.29, 0.717) is 17.5 Å². The second kappa shape index (κ2) is 11.4. The van der Waals surface area contributed by atoms with Crippen LogP contribution in [0.25, 0.3) is 5.57 Å². The number of aryl methyl sites for hydroxylation is 1. The second-order valence-corrected chi connectivity index (χ2v) is 11.2. The normalized spacial score (nSPS) is 22.8. The van der Waals surface area contributed by atoms with Crippen molar-refractivity contribution in [1.29, 1.82) is 0 Å². The van der Waals surface area contributed by atoms with Crippen LogP contribution in [0.4, 0.5) is 4.39 Å². The van der Waals surface area contributed by atoms with Gasteiger partial charge >= 0.3 is 5.97 Å². The highest BCUT2D eigenvalue weighted by atomic mass is 19.1. The minimum absolute atomic E-state index is 0.111. The molecular formula is C32H39FN2O4. The van der Waals surface area contributed by atoms with Gasteiger partial charge in [-0.15, -0.1) is 0 Å². The van der Waals surface area contributed by atoms with E-state index in [9.17, 15) is 9.90 Å². The molecule has 3 heterocycles. The van der Waals surface area contributed by atoms with Crippen molar-refractivity contribution >= 4 is 11.5 Å². The predicted octanol–water partition coefficient (Wildman–Crippen LogP) is 6.33. The van der Waals surface area contributed by atoms with E-state index >= 15 is 4.39 Å². The molecule has 0 bridgehead atoms. The van der Waals surface area contributed by atoms with E-state index in [0.717, 1.165) is 59.5 Å². The number of carboxylic acid groups (broad SMARTS) is 1. The molecule has 3 aliphatic heterocycles. The molecule has 3 aliphatic rings. The smallest absolute Gasteiger partial charge is 0.306 e. The maximum absolute atomic E-state index is 15.1. The molecule has 0 aromatic heterocycles. The number of halogens is 1. The number of allylic oxidation sites excluding steroid dienone is 2. The highest BCUT2D eigenvalue weighted by molar-refractivity contribution is 5.79. The van der Waals surface area contributed by atoms with Crippen molar-refractivity contribution < 1.29 is 23.8 Å². The summed E-state index contributed by atoms with van der Waals surface area (Å²) in [6.07, 6.45) is 5.71. The maximum Gasteiger partial charge on any atom is 0.306 e. The Morgan fingerprint density at radius 3 is 2.77 bits per heavy atom. The number of carbonyl (C=O) groups is 1. The molecule has 1 saturated heterocycles. The van der Waals surface area contributed by atoms with Crippen molar-refractivity contribution in [2.45, 2.75) is 71.1 Å². The molecule has 0 spiro atoms. The van der Waals surface area contributed by atoms with Crippen molar-refractivity contribution in [2.75, 3.05) is 20.2 Å². The van der Waals surface area contributed by atoms with Crippen molar-refractivity contribution in [3.05, 3.63) is 82.0 Å². The molecule has 2 aromatic carbocycles. The summed E-state index contributed by atoms with van der Waals surface area (Å²) in [4.78, 5) is 14.0. The van der Waals surface area contributed by atoms with Gasteiger partial charge in [-0.25, -0.2) is 4.39 Å². The van der Waals surface area contributed by atoms with Crippen molar-refractivity contribution in [3.63, 3.8) is 0 Å². The standard InChI is InChI=1S/C32H39FN2O4/c1-19-6-5-13-35(19)18-25-14-24(9-11-26(25)27-16-31(38-4)34-17-28(27)33)29-12-10-22-7-8-23(15-30(22)39-29)20(2)21(3)32(36)37/h7-9,11,14-16,19-21,29,34H,5-6,10,12-13,17-18H2,1-4H3,(H,36,37)/t19?,20-,21+,29?/m1/s1. The zero-order chi connectivity index (χ0) is 27.7. The molecule has 0 amide bonds. The van der Waals surface area contributed by atoms with E-state index in [1.165, 1.54) is 12.8 Å². The predicted molar refractivity (Wildman–Crippen MR) is 150 cm³/mol. The van der Waals surface area contributed by atoms with Crippen LogP contribution in [0.3, 0.4) is 0 Å². The molecule has 7 heteroatoms. The fourth-order valence-electron chi connectivity index (χ4n) is 5.94. The fraction of sp³-hybridized carbons (Fsp3) is 0.469. The first-order valence-corrected chi connectivity index (χ1v) is 14.0. The van der Waals surface area contributed by atoms with Crippen molar-refractivity contribution in [1.82, 2.24) is 10.2 Å². The van der Waals surface area contributed by atoms with Gasteiger partial charge in [-0.3, -0.25) is 9.69 Å². The molecule has 208 valence electrons. The summed E-state index contributed by atoms with van der Waals surface area (Å²) in [7, 11) is 1.59. The van der Waals surface area contributed by atoms with Crippen LogP contribution in [0.5, 0.6) is 5.75 Å². The SMILES string of the molecule is COC1=CC(c2ccc(C3CCc4ccc([C@H](C)[C@H](C)C(=O)O)cc4O3)cc2CN2CCCC2C)=C(F)CN1. The van der Waals surface area contributed by atoms with Gasteiger partial charge < -0.3 is 19.9 Å². The van der Waals surface area contributed by atoms with Gasteiger partial charge in [-0.2, -0.15) is 0 Å². The van der Waals surface area contributed by atoms with E-state index in [-0.39, 0.29) is 24.4 Å². The van der Waals surface area contributed by atoms with E-state index in [4.69, 9.17) is 9.47 Å². The molecule has 0 aliphatic carbocycles. The summed E-state index contributed by atoms with van der Waals surface area (Å²) in [6, 6.07) is 12.9. The molecule has 0 saturated carbocycles. The third kappa shape index (κ3) is 5.69. The first kappa shape index (κ1) is 27.3. The van der Waals surface area contributed by atoms with Gasteiger partial charge in [0, 0.05) is 24.2 Å². The molecular weight excluding hydrogens is 495 g/mol. The lowest BCUT2D eigenvalue weighted by atomic mass is 9.87. The number of carboxylic acids is 1. The van der Waals surface area contributed by atoms with Crippen LogP contribution >= 0.6 is 0 Å². The van der Waals surface area contributed by atoms with Crippen LogP contribution in [0, 0.1) is 5.92 Å². The molecule has 1 fully saturated rings. The Hall–Kier alpha value is -3.32. The number of nitrogens with zero attached hydrogens (tertiary/aromatic N) is 1. The van der Waals surface area contributed by atoms with Crippen LogP contribution in [0.15, 0.2) is 54.2 Å². The summed E-state index contributed by atoms with van der Waals surface area (Å²) < 4.78 is 27.0. The van der Waals surface area contributed by atoms with E-state index in [1.54, 1.807) is 20.1 Å². The number of likely N-dealkylation sites (tertiary alicyclic amines) is 1. The van der Waals surface area contributed by atoms with Gasteiger partial charge in [0.2, 0.25) is 0 Å². The molecule has 4 atom stereocenters. The van der Waals surface area contributed by atoms with Crippen LogP contribution < -0.4 is 10.1 Å². The number of rotatable bonds is 8. The number of ether oxygens (including phenoxy) is 2. The largest absolute Gasteiger partial charge is 0.485 e. The number of hydrogen-bond acceptors (Lipinski definition) is 5. The first-order valence-electron chi connectivity index (χ1n) is 14.0. The van der Waals surface area contributed by atoms with Gasteiger partial charge in [0.15, 0.2) is 5.88 Å². The lowest BCUT2D eigenvalue weighted by Crippen LogP contribution is -2.27. The Kier molecular flexibility index (Phi) is 7.98. The molecule has 39 heavy (non-hydrogen) atoms. The third-order valence-electron chi connectivity index (χ3n) is 8.76. The summed E-state index contributed by atoms with van der Waals surface area (Å²) in [5.41, 5.74) is 5.74. The van der Waals surface area contributed by atoms with Crippen molar-refractivity contribution in [3.8, 4) is 5.75 Å². The number of benzene rings is 2. The number of fused-ring (bicyclic) bond motifs is 1. The molecule has 5 rings (SSSR count). The second-order valence-electron chi connectivity index (χ2n) is 11.2. The van der Waals surface area contributed by atoms with Crippen LogP contribution in [-0.2, 0) is 22.5 Å². The number of nitrogens with one attached hydrogen (secondary N) is 1. The molecule has 2 unspecified atom stereocenters. The number of methoxy groups -OCH3 is 1. The van der Waals surface area contributed by atoms with Gasteiger partial charge in [0.25, 0.3) is 0 Å². The lowest BCUT2D eigenvalue weighted by Gasteiger charge is -2.29. The van der Waals surface area contributed by atoms with E-state index in [2.05, 4.69) is 35.3 Å². The Balaban J connectivity index is 1.46. The average molecular weight is 535 g/mol. The molecule has 6 nitrogen and oxygen atoms in total. The number of hydrogen-bond donors (Lipinski definition) is 2. The van der Waals surface area contributed by atoms with E-state index < -0.39 is 11.9 Å².